The first-order chi connectivity index (χ1) is 13.9. The minimum Gasteiger partial charge on any atom is -0.481 e. The first-order valence-electron chi connectivity index (χ1n) is 10.3. The molecule has 1 atom stereocenters. The third-order valence-corrected chi connectivity index (χ3v) is 6.44. The van der Waals surface area contributed by atoms with Crippen molar-refractivity contribution in [2.75, 3.05) is 6.54 Å². The molecule has 7 heteroatoms. The first-order valence-corrected chi connectivity index (χ1v) is 10.3. The molecule has 0 spiro atoms. The molecule has 0 saturated carbocycles. The van der Waals surface area contributed by atoms with Crippen LogP contribution in [0.3, 0.4) is 0 Å². The molecule has 0 aliphatic carbocycles. The van der Waals surface area contributed by atoms with Crippen molar-refractivity contribution in [1.29, 1.82) is 0 Å². The van der Waals surface area contributed by atoms with Gasteiger partial charge in [0.05, 0.1) is 0 Å². The van der Waals surface area contributed by atoms with Crippen molar-refractivity contribution in [3.05, 3.63) is 35.0 Å². The molecular formula is C22H27N3O4. The highest BCUT2D eigenvalue weighted by Gasteiger charge is 2.38. The van der Waals surface area contributed by atoms with E-state index >= 15 is 0 Å². The summed E-state index contributed by atoms with van der Waals surface area (Å²) in [6, 6.07) is 6.22. The summed E-state index contributed by atoms with van der Waals surface area (Å²) in [6.07, 6.45) is 2.96. The number of benzene rings is 1. The second-order valence-corrected chi connectivity index (χ2v) is 8.37. The Morgan fingerprint density at radius 1 is 1.21 bits per heavy atom. The molecule has 154 valence electrons. The van der Waals surface area contributed by atoms with Gasteiger partial charge in [-0.05, 0) is 31.7 Å². The summed E-state index contributed by atoms with van der Waals surface area (Å²) in [5.74, 6) is -0.872. The zero-order valence-electron chi connectivity index (χ0n) is 16.7. The van der Waals surface area contributed by atoms with E-state index in [4.69, 9.17) is 5.11 Å². The zero-order valence-corrected chi connectivity index (χ0v) is 16.7. The maximum Gasteiger partial charge on any atom is 0.303 e. The van der Waals surface area contributed by atoms with E-state index in [9.17, 15) is 14.4 Å². The maximum absolute atomic E-state index is 12.9. The molecule has 1 aromatic carbocycles. The Bertz CT molecular complexity index is 980. The van der Waals surface area contributed by atoms with Crippen molar-refractivity contribution in [3.8, 4) is 0 Å². The lowest BCUT2D eigenvalue weighted by atomic mass is 9.86. The molecule has 0 radical (unpaired) electrons. The van der Waals surface area contributed by atoms with Gasteiger partial charge >= 0.3 is 5.97 Å². The standard InChI is InChI=1S/C22H27N3O4/c1-14-3-2-4-15-16-13-25(12-8-17(16)23-21(14)15)19(27)6-10-22(11-7-20(28)29)9-5-18(26)24-22/h2-4,23H,5-13H2,1H3,(H,24,26)(H,28,29). The van der Waals surface area contributed by atoms with E-state index < -0.39 is 11.5 Å². The van der Waals surface area contributed by atoms with Gasteiger partial charge in [0.25, 0.3) is 0 Å². The Morgan fingerprint density at radius 3 is 2.72 bits per heavy atom. The van der Waals surface area contributed by atoms with Gasteiger partial charge in [-0.2, -0.15) is 0 Å². The molecule has 3 heterocycles. The molecule has 2 aliphatic heterocycles. The number of nitrogens with zero attached hydrogens (tertiary/aromatic N) is 1. The van der Waals surface area contributed by atoms with Crippen molar-refractivity contribution in [2.45, 2.75) is 64.0 Å². The van der Waals surface area contributed by atoms with Crippen LogP contribution in [0.5, 0.6) is 0 Å². The number of aliphatic carboxylic acids is 1. The predicted molar refractivity (Wildman–Crippen MR) is 108 cm³/mol. The number of aryl methyl sites for hydroxylation is 1. The Morgan fingerprint density at radius 2 is 2.00 bits per heavy atom. The van der Waals surface area contributed by atoms with Crippen LogP contribution in [0, 0.1) is 6.92 Å². The fraction of sp³-hybridized carbons (Fsp3) is 0.500. The number of carboxylic acids is 1. The van der Waals surface area contributed by atoms with Gasteiger partial charge in [0.2, 0.25) is 11.8 Å². The average molecular weight is 397 g/mol. The van der Waals surface area contributed by atoms with E-state index in [1.807, 2.05) is 11.0 Å². The maximum atomic E-state index is 12.9. The average Bonchev–Trinajstić information content (AvgIpc) is 3.26. The highest BCUT2D eigenvalue weighted by atomic mass is 16.4. The molecule has 1 aromatic heterocycles. The summed E-state index contributed by atoms with van der Waals surface area (Å²) < 4.78 is 0. The first kappa shape index (κ1) is 19.5. The number of aromatic amines is 1. The fourth-order valence-corrected chi connectivity index (χ4v) is 4.72. The van der Waals surface area contributed by atoms with E-state index in [1.54, 1.807) is 0 Å². The van der Waals surface area contributed by atoms with Gasteiger partial charge in [-0.25, -0.2) is 0 Å². The van der Waals surface area contributed by atoms with Crippen LogP contribution in [0.4, 0.5) is 0 Å². The lowest BCUT2D eigenvalue weighted by molar-refractivity contribution is -0.137. The number of carbonyl (C=O) groups is 3. The van der Waals surface area contributed by atoms with Crippen LogP contribution in [0.15, 0.2) is 18.2 Å². The Balaban J connectivity index is 1.44. The number of carbonyl (C=O) groups excluding carboxylic acids is 2. The molecule has 7 nitrogen and oxygen atoms in total. The van der Waals surface area contributed by atoms with Gasteiger partial charge < -0.3 is 20.3 Å². The van der Waals surface area contributed by atoms with E-state index in [1.165, 1.54) is 22.2 Å². The minimum absolute atomic E-state index is 0.00373. The summed E-state index contributed by atoms with van der Waals surface area (Å²) >= 11 is 0. The number of H-pyrrole nitrogens is 1. The molecule has 2 amide bonds. The second-order valence-electron chi connectivity index (χ2n) is 8.37. The Hall–Kier alpha value is -2.83. The highest BCUT2D eigenvalue weighted by Crippen LogP contribution is 2.32. The van der Waals surface area contributed by atoms with Gasteiger partial charge in [-0.1, -0.05) is 18.2 Å². The number of rotatable bonds is 6. The van der Waals surface area contributed by atoms with Gasteiger partial charge in [-0.3, -0.25) is 14.4 Å². The van der Waals surface area contributed by atoms with Crippen LogP contribution < -0.4 is 5.32 Å². The number of hydrogen-bond donors (Lipinski definition) is 3. The molecule has 0 bridgehead atoms. The smallest absolute Gasteiger partial charge is 0.303 e. The fourth-order valence-electron chi connectivity index (χ4n) is 4.72. The van der Waals surface area contributed by atoms with Crippen molar-refractivity contribution in [1.82, 2.24) is 15.2 Å². The van der Waals surface area contributed by atoms with E-state index in [-0.39, 0.29) is 18.2 Å². The lowest BCUT2D eigenvalue weighted by Gasteiger charge is -2.31. The highest BCUT2D eigenvalue weighted by molar-refractivity contribution is 5.88. The van der Waals surface area contributed by atoms with Crippen molar-refractivity contribution >= 4 is 28.7 Å². The molecule has 3 N–H and O–H groups in total. The molecule has 29 heavy (non-hydrogen) atoms. The topological polar surface area (TPSA) is 102 Å². The number of carboxylic acid groups (broad SMARTS) is 1. The molecule has 2 aliphatic rings. The van der Waals surface area contributed by atoms with Gasteiger partial charge in [0.1, 0.15) is 0 Å². The van der Waals surface area contributed by atoms with Gasteiger partial charge in [-0.15, -0.1) is 0 Å². The van der Waals surface area contributed by atoms with Crippen molar-refractivity contribution in [2.24, 2.45) is 0 Å². The molecule has 1 fully saturated rings. The SMILES string of the molecule is Cc1cccc2c3c([nH]c12)CCN(C(=O)CCC1(CCC(=O)O)CCC(=O)N1)C3. The van der Waals surface area contributed by atoms with Gasteiger partial charge in [0.15, 0.2) is 0 Å². The summed E-state index contributed by atoms with van der Waals surface area (Å²) in [6.45, 7) is 3.35. The summed E-state index contributed by atoms with van der Waals surface area (Å²) in [4.78, 5) is 41.1. The third-order valence-electron chi connectivity index (χ3n) is 6.44. The molecular weight excluding hydrogens is 370 g/mol. The summed E-state index contributed by atoms with van der Waals surface area (Å²) in [7, 11) is 0. The number of amides is 2. The number of para-hydroxylation sites is 1. The van der Waals surface area contributed by atoms with Crippen LogP contribution in [0.2, 0.25) is 0 Å². The Kier molecular flexibility index (Phi) is 5.06. The number of aromatic nitrogens is 1. The zero-order chi connectivity index (χ0) is 20.6. The summed E-state index contributed by atoms with van der Waals surface area (Å²) in [5, 5.41) is 13.1. The lowest BCUT2D eigenvalue weighted by Crippen LogP contribution is -2.44. The normalized spacial score (nSPS) is 21.3. The Labute approximate surface area is 169 Å². The van der Waals surface area contributed by atoms with E-state index in [0.29, 0.717) is 45.2 Å². The quantitative estimate of drug-likeness (QED) is 0.697. The largest absolute Gasteiger partial charge is 0.481 e. The van der Waals surface area contributed by atoms with Crippen LogP contribution >= 0.6 is 0 Å². The van der Waals surface area contributed by atoms with Crippen LogP contribution in [-0.4, -0.2) is 44.9 Å². The predicted octanol–water partition coefficient (Wildman–Crippen LogP) is 2.65. The second kappa shape index (κ2) is 7.54. The van der Waals surface area contributed by atoms with Crippen molar-refractivity contribution < 1.29 is 19.5 Å². The molecule has 4 rings (SSSR count). The molecule has 2 aromatic rings. The molecule has 1 unspecified atom stereocenters. The van der Waals surface area contributed by atoms with Crippen molar-refractivity contribution in [3.63, 3.8) is 0 Å². The number of fused-ring (bicyclic) bond motifs is 3. The minimum atomic E-state index is -0.880. The summed E-state index contributed by atoms with van der Waals surface area (Å²) in [5.41, 5.74) is 4.18. The monoisotopic (exact) mass is 397 g/mol. The van der Waals surface area contributed by atoms with Crippen LogP contribution in [-0.2, 0) is 27.3 Å². The van der Waals surface area contributed by atoms with E-state index in [0.717, 1.165) is 11.9 Å². The van der Waals surface area contributed by atoms with E-state index in [2.05, 4.69) is 29.4 Å². The number of hydrogen-bond acceptors (Lipinski definition) is 3. The van der Waals surface area contributed by atoms with Crippen LogP contribution in [0.25, 0.3) is 10.9 Å². The van der Waals surface area contributed by atoms with Gasteiger partial charge in [0, 0.05) is 66.5 Å². The number of nitrogens with one attached hydrogen (secondary N) is 2. The van der Waals surface area contributed by atoms with Crippen LogP contribution in [0.1, 0.15) is 55.3 Å². The third kappa shape index (κ3) is 3.86. The molecule has 1 saturated heterocycles.